The quantitative estimate of drug-likeness (QED) is 0.839. The topological polar surface area (TPSA) is 41.1 Å². The Kier molecular flexibility index (Phi) is 4.02. The molecule has 0 unspecified atom stereocenters. The number of piperidine rings is 1. The van der Waals surface area contributed by atoms with Crippen molar-refractivity contribution in [1.29, 1.82) is 0 Å². The van der Waals surface area contributed by atoms with Crippen molar-refractivity contribution in [2.24, 2.45) is 0 Å². The van der Waals surface area contributed by atoms with Crippen LogP contribution < -0.4 is 10.6 Å². The number of rotatable bonds is 2. The molecule has 1 heterocycles. The van der Waals surface area contributed by atoms with Gasteiger partial charge >= 0.3 is 0 Å². The fourth-order valence-corrected chi connectivity index (χ4v) is 2.38. The number of nitrogens with one attached hydrogen (secondary N) is 2. The van der Waals surface area contributed by atoms with E-state index in [1.807, 2.05) is 25.1 Å². The van der Waals surface area contributed by atoms with E-state index in [4.69, 9.17) is 0 Å². The molecule has 1 aliphatic rings. The van der Waals surface area contributed by atoms with E-state index in [1.54, 1.807) is 0 Å². The Labute approximate surface area is 109 Å². The fraction of sp³-hybridized carbons (Fsp3) is 0.533. The summed E-state index contributed by atoms with van der Waals surface area (Å²) in [6, 6.07) is 6.47. The van der Waals surface area contributed by atoms with Crippen LogP contribution in [0.25, 0.3) is 0 Å². The second kappa shape index (κ2) is 5.53. The van der Waals surface area contributed by atoms with E-state index in [1.165, 1.54) is 5.56 Å². The average molecular weight is 246 g/mol. The van der Waals surface area contributed by atoms with Gasteiger partial charge in [0.25, 0.3) is 5.91 Å². The molecule has 3 nitrogen and oxygen atoms in total. The summed E-state index contributed by atoms with van der Waals surface area (Å²) in [5, 5.41) is 6.52. The van der Waals surface area contributed by atoms with Gasteiger partial charge in [-0.2, -0.15) is 0 Å². The van der Waals surface area contributed by atoms with Crippen LogP contribution in [-0.2, 0) is 0 Å². The lowest BCUT2D eigenvalue weighted by molar-refractivity contribution is 0.0920. The molecule has 0 saturated carbocycles. The predicted molar refractivity (Wildman–Crippen MR) is 73.9 cm³/mol. The molecule has 0 bridgehead atoms. The Balaban J connectivity index is 2.04. The van der Waals surface area contributed by atoms with Crippen LogP contribution >= 0.6 is 0 Å². The van der Waals surface area contributed by atoms with Crippen molar-refractivity contribution in [2.45, 2.75) is 45.7 Å². The van der Waals surface area contributed by atoms with E-state index in [9.17, 15) is 4.79 Å². The van der Waals surface area contributed by atoms with Crippen LogP contribution in [-0.4, -0.2) is 24.5 Å². The van der Waals surface area contributed by atoms with E-state index in [0.717, 1.165) is 30.5 Å². The Hall–Kier alpha value is -1.35. The van der Waals surface area contributed by atoms with Gasteiger partial charge < -0.3 is 10.6 Å². The number of benzene rings is 1. The lowest BCUT2D eigenvalue weighted by Gasteiger charge is -2.30. The molecule has 2 N–H and O–H groups in total. The molecule has 18 heavy (non-hydrogen) atoms. The second-order valence-electron chi connectivity index (χ2n) is 5.26. The van der Waals surface area contributed by atoms with E-state index in [2.05, 4.69) is 24.5 Å². The van der Waals surface area contributed by atoms with Crippen LogP contribution in [0.5, 0.6) is 0 Å². The van der Waals surface area contributed by atoms with Gasteiger partial charge in [-0.15, -0.1) is 0 Å². The molecular weight excluding hydrogens is 224 g/mol. The molecule has 1 amide bonds. The van der Waals surface area contributed by atoms with Gasteiger partial charge in [0.2, 0.25) is 0 Å². The number of carbonyl (C=O) groups excluding carboxylic acids is 1. The van der Waals surface area contributed by atoms with Gasteiger partial charge in [-0.3, -0.25) is 4.79 Å². The average Bonchev–Trinajstić information content (AvgIpc) is 2.35. The van der Waals surface area contributed by atoms with Crippen LogP contribution in [0.4, 0.5) is 0 Å². The molecule has 1 saturated heterocycles. The molecule has 0 radical (unpaired) electrons. The Morgan fingerprint density at radius 2 is 2.11 bits per heavy atom. The van der Waals surface area contributed by atoms with E-state index >= 15 is 0 Å². The van der Waals surface area contributed by atoms with E-state index < -0.39 is 0 Å². The molecule has 0 spiro atoms. The zero-order valence-corrected chi connectivity index (χ0v) is 11.4. The highest BCUT2D eigenvalue weighted by molar-refractivity contribution is 5.94. The summed E-state index contributed by atoms with van der Waals surface area (Å²) in [4.78, 5) is 12.2. The largest absolute Gasteiger partial charge is 0.348 e. The third-order valence-corrected chi connectivity index (χ3v) is 3.85. The number of hydrogen-bond donors (Lipinski definition) is 2. The summed E-state index contributed by atoms with van der Waals surface area (Å²) in [7, 11) is 0. The lowest BCUT2D eigenvalue weighted by Crippen LogP contribution is -2.51. The minimum absolute atomic E-state index is 0.0404. The maximum atomic E-state index is 12.2. The van der Waals surface area contributed by atoms with E-state index in [0.29, 0.717) is 6.04 Å². The molecule has 1 aliphatic heterocycles. The van der Waals surface area contributed by atoms with Crippen LogP contribution in [0.2, 0.25) is 0 Å². The Morgan fingerprint density at radius 3 is 2.78 bits per heavy atom. The Bertz CT molecular complexity index is 442. The van der Waals surface area contributed by atoms with Gasteiger partial charge in [0.15, 0.2) is 0 Å². The van der Waals surface area contributed by atoms with Gasteiger partial charge in [-0.05, 0) is 63.4 Å². The first-order chi connectivity index (χ1) is 8.58. The lowest BCUT2D eigenvalue weighted by atomic mass is 9.99. The molecule has 2 atom stereocenters. The molecule has 0 aromatic heterocycles. The van der Waals surface area contributed by atoms with E-state index in [-0.39, 0.29) is 11.9 Å². The van der Waals surface area contributed by atoms with Crippen LogP contribution in [0.3, 0.4) is 0 Å². The normalized spacial score (nSPS) is 23.7. The third-order valence-electron chi connectivity index (χ3n) is 3.85. The molecule has 98 valence electrons. The molecular formula is C15H22N2O. The van der Waals surface area contributed by atoms with Gasteiger partial charge in [-0.25, -0.2) is 0 Å². The fourth-order valence-electron chi connectivity index (χ4n) is 2.38. The van der Waals surface area contributed by atoms with Gasteiger partial charge in [0.1, 0.15) is 0 Å². The molecule has 2 rings (SSSR count). The highest BCUT2D eigenvalue weighted by atomic mass is 16.1. The molecule has 1 aromatic carbocycles. The maximum Gasteiger partial charge on any atom is 0.251 e. The number of amides is 1. The zero-order chi connectivity index (χ0) is 13.1. The number of hydrogen-bond acceptors (Lipinski definition) is 2. The first-order valence-corrected chi connectivity index (χ1v) is 6.69. The third kappa shape index (κ3) is 2.91. The predicted octanol–water partition coefficient (Wildman–Crippen LogP) is 2.17. The van der Waals surface area contributed by atoms with Crippen molar-refractivity contribution in [3.05, 3.63) is 34.9 Å². The second-order valence-corrected chi connectivity index (χ2v) is 5.26. The molecule has 3 heteroatoms. The summed E-state index contributed by atoms with van der Waals surface area (Å²) in [5.74, 6) is 0.0404. The molecule has 1 aromatic rings. The Morgan fingerprint density at radius 1 is 1.33 bits per heavy atom. The summed E-state index contributed by atoms with van der Waals surface area (Å²) in [6.45, 7) is 7.28. The monoisotopic (exact) mass is 246 g/mol. The highest BCUT2D eigenvalue weighted by Crippen LogP contribution is 2.12. The molecule has 1 fully saturated rings. The van der Waals surface area contributed by atoms with Gasteiger partial charge in [0.05, 0.1) is 0 Å². The number of carbonyl (C=O) groups is 1. The first kappa shape index (κ1) is 13.1. The maximum absolute atomic E-state index is 12.2. The summed E-state index contributed by atoms with van der Waals surface area (Å²) in [5.41, 5.74) is 3.15. The van der Waals surface area contributed by atoms with Gasteiger partial charge in [0, 0.05) is 17.6 Å². The van der Waals surface area contributed by atoms with Gasteiger partial charge in [-0.1, -0.05) is 6.07 Å². The minimum Gasteiger partial charge on any atom is -0.348 e. The van der Waals surface area contributed by atoms with Crippen LogP contribution in [0, 0.1) is 13.8 Å². The van der Waals surface area contributed by atoms with Crippen molar-refractivity contribution >= 4 is 5.91 Å². The zero-order valence-electron chi connectivity index (χ0n) is 11.4. The standard InChI is InChI=1S/C15H22N2O/c1-10-6-7-13(9-11(10)2)15(18)17-14-5-4-8-16-12(14)3/h6-7,9,12,14,16H,4-5,8H2,1-3H3,(H,17,18)/t12-,14-/m1/s1. The summed E-state index contributed by atoms with van der Waals surface area (Å²) < 4.78 is 0. The van der Waals surface area contributed by atoms with Crippen molar-refractivity contribution < 1.29 is 4.79 Å². The minimum atomic E-state index is 0.0404. The highest BCUT2D eigenvalue weighted by Gasteiger charge is 2.22. The van der Waals surface area contributed by atoms with Crippen molar-refractivity contribution in [3.8, 4) is 0 Å². The smallest absolute Gasteiger partial charge is 0.251 e. The van der Waals surface area contributed by atoms with Crippen molar-refractivity contribution in [2.75, 3.05) is 6.54 Å². The summed E-state index contributed by atoms with van der Waals surface area (Å²) in [6.07, 6.45) is 2.19. The summed E-state index contributed by atoms with van der Waals surface area (Å²) >= 11 is 0. The van der Waals surface area contributed by atoms with Crippen molar-refractivity contribution in [3.63, 3.8) is 0 Å². The van der Waals surface area contributed by atoms with Crippen LogP contribution in [0.15, 0.2) is 18.2 Å². The van der Waals surface area contributed by atoms with Crippen LogP contribution in [0.1, 0.15) is 41.3 Å². The number of aryl methyl sites for hydroxylation is 2. The molecule has 0 aliphatic carbocycles. The SMILES string of the molecule is Cc1ccc(C(=O)N[C@@H]2CCCN[C@@H]2C)cc1C. The first-order valence-electron chi connectivity index (χ1n) is 6.69. The van der Waals surface area contributed by atoms with Crippen molar-refractivity contribution in [1.82, 2.24) is 10.6 Å².